The topological polar surface area (TPSA) is 88.1 Å². The van der Waals surface area contributed by atoms with Crippen LogP contribution in [0.5, 0.6) is 11.5 Å². The lowest BCUT2D eigenvalue weighted by molar-refractivity contribution is -0.141. The van der Waals surface area contributed by atoms with Gasteiger partial charge in [0.1, 0.15) is 19.3 Å². The van der Waals surface area contributed by atoms with E-state index in [-0.39, 0.29) is 18.4 Å². The van der Waals surface area contributed by atoms with Crippen molar-refractivity contribution in [2.45, 2.75) is 24.9 Å². The van der Waals surface area contributed by atoms with E-state index in [9.17, 15) is 9.59 Å². The number of hydrogen-bond acceptors (Lipinski definition) is 5. The summed E-state index contributed by atoms with van der Waals surface area (Å²) in [5.41, 5.74) is 0.652. The molecule has 1 fully saturated rings. The number of likely N-dealkylation sites (N-methyl/N-ethyl adjacent to an activating group) is 1. The van der Waals surface area contributed by atoms with Crippen molar-refractivity contribution in [2.75, 3.05) is 26.8 Å². The highest BCUT2D eigenvalue weighted by Gasteiger charge is 2.35. The Morgan fingerprint density at radius 1 is 1.33 bits per heavy atom. The van der Waals surface area contributed by atoms with Crippen LogP contribution in [0.3, 0.4) is 0 Å². The van der Waals surface area contributed by atoms with Crippen LogP contribution in [0.2, 0.25) is 5.02 Å². The van der Waals surface area contributed by atoms with E-state index >= 15 is 0 Å². The summed E-state index contributed by atoms with van der Waals surface area (Å²) >= 11 is 6.21. The fourth-order valence-electron chi connectivity index (χ4n) is 3.09. The first kappa shape index (κ1) is 16.9. The number of ether oxygens (including phenoxy) is 2. The summed E-state index contributed by atoms with van der Waals surface area (Å²) in [6.07, 6.45) is 0.500. The lowest BCUT2D eigenvalue weighted by Crippen LogP contribution is -2.37. The highest BCUT2D eigenvalue weighted by atomic mass is 35.5. The monoisotopic (exact) mass is 354 g/mol. The van der Waals surface area contributed by atoms with Crippen LogP contribution in [0.15, 0.2) is 12.1 Å². The summed E-state index contributed by atoms with van der Waals surface area (Å²) < 4.78 is 10.9. The van der Waals surface area contributed by atoms with Gasteiger partial charge in [0.25, 0.3) is 0 Å². The molecule has 2 atom stereocenters. The molecule has 130 valence electrons. The number of benzene rings is 1. The molecular weight excluding hydrogens is 336 g/mol. The summed E-state index contributed by atoms with van der Waals surface area (Å²) in [5.74, 6) is 0.0965. The van der Waals surface area contributed by atoms with Gasteiger partial charge in [0.2, 0.25) is 5.91 Å². The summed E-state index contributed by atoms with van der Waals surface area (Å²) in [4.78, 5) is 25.1. The molecule has 0 saturated carbocycles. The lowest BCUT2D eigenvalue weighted by Gasteiger charge is -2.20. The Balaban J connectivity index is 1.62. The van der Waals surface area contributed by atoms with Crippen LogP contribution in [0, 0.1) is 0 Å². The second kappa shape index (κ2) is 6.86. The maximum absolute atomic E-state index is 12.3. The van der Waals surface area contributed by atoms with E-state index in [1.165, 1.54) is 0 Å². The number of amides is 1. The maximum Gasteiger partial charge on any atom is 0.320 e. The van der Waals surface area contributed by atoms with Gasteiger partial charge in [-0.05, 0) is 25.1 Å². The number of nitrogens with one attached hydrogen (secondary N) is 1. The first-order valence-electron chi connectivity index (χ1n) is 7.74. The van der Waals surface area contributed by atoms with Crippen molar-refractivity contribution in [3.05, 3.63) is 22.7 Å². The Morgan fingerprint density at radius 3 is 2.62 bits per heavy atom. The number of fused-ring (bicyclic) bond motifs is 1. The van der Waals surface area contributed by atoms with Gasteiger partial charge >= 0.3 is 5.97 Å². The maximum atomic E-state index is 12.3. The van der Waals surface area contributed by atoms with Gasteiger partial charge in [-0.1, -0.05) is 11.6 Å². The smallest absolute Gasteiger partial charge is 0.320 e. The van der Waals surface area contributed by atoms with Gasteiger partial charge in [-0.25, -0.2) is 0 Å². The van der Waals surface area contributed by atoms with Crippen LogP contribution in [0.4, 0.5) is 0 Å². The van der Waals surface area contributed by atoms with Crippen LogP contribution in [0.1, 0.15) is 12.0 Å². The van der Waals surface area contributed by atoms with Crippen LogP contribution in [0.25, 0.3) is 0 Å². The Hall–Kier alpha value is -1.99. The van der Waals surface area contributed by atoms with Gasteiger partial charge in [-0.2, -0.15) is 0 Å². The molecule has 1 aromatic rings. The molecule has 2 heterocycles. The van der Waals surface area contributed by atoms with Crippen LogP contribution >= 0.6 is 11.6 Å². The van der Waals surface area contributed by atoms with Crippen LogP contribution < -0.4 is 14.8 Å². The quantitative estimate of drug-likeness (QED) is 0.836. The van der Waals surface area contributed by atoms with Gasteiger partial charge in [-0.3, -0.25) is 14.5 Å². The van der Waals surface area contributed by atoms with E-state index in [0.717, 1.165) is 0 Å². The molecular formula is C16H19ClN2O5. The number of hydrogen-bond donors (Lipinski definition) is 2. The average Bonchev–Trinajstić information content (AvgIpc) is 2.88. The predicted octanol–water partition coefficient (Wildman–Crippen LogP) is 0.927. The summed E-state index contributed by atoms with van der Waals surface area (Å²) in [6, 6.07) is 2.63. The number of carbonyl (C=O) groups is 2. The number of rotatable bonds is 4. The Bertz CT molecular complexity index is 666. The van der Waals surface area contributed by atoms with E-state index in [0.29, 0.717) is 48.3 Å². The zero-order valence-electron chi connectivity index (χ0n) is 13.3. The average molecular weight is 355 g/mol. The number of carboxylic acids is 1. The third kappa shape index (κ3) is 3.57. The number of aliphatic carboxylic acids is 1. The Kier molecular flexibility index (Phi) is 4.82. The molecule has 0 spiro atoms. The molecule has 0 bridgehead atoms. The van der Waals surface area contributed by atoms with Crippen molar-refractivity contribution in [1.82, 2.24) is 10.2 Å². The molecule has 0 aliphatic carbocycles. The number of carboxylic acid groups (broad SMARTS) is 1. The minimum Gasteiger partial charge on any atom is -0.486 e. The van der Waals surface area contributed by atoms with E-state index in [4.69, 9.17) is 26.2 Å². The van der Waals surface area contributed by atoms with Crippen molar-refractivity contribution >= 4 is 23.5 Å². The molecule has 7 nitrogen and oxygen atoms in total. The van der Waals surface area contributed by atoms with E-state index < -0.39 is 12.0 Å². The van der Waals surface area contributed by atoms with Crippen LogP contribution in [-0.4, -0.2) is 60.8 Å². The Morgan fingerprint density at radius 2 is 2.00 bits per heavy atom. The molecule has 0 radical (unpaired) electrons. The number of likely N-dealkylation sites (tertiary alicyclic amines) is 1. The minimum absolute atomic E-state index is 0.105. The molecule has 0 aromatic heterocycles. The molecule has 1 amide bonds. The molecule has 2 aliphatic rings. The SMILES string of the molecule is CN1C[C@@H](NC(=O)Cc2cc3c(cc2Cl)OCCO3)C[C@H]1C(=O)O. The molecule has 8 heteroatoms. The minimum atomic E-state index is -0.871. The fraction of sp³-hybridized carbons (Fsp3) is 0.500. The second-order valence-electron chi connectivity index (χ2n) is 6.06. The third-order valence-corrected chi connectivity index (χ3v) is 4.61. The highest BCUT2D eigenvalue weighted by Crippen LogP contribution is 2.35. The molecule has 2 aliphatic heterocycles. The van der Waals surface area contributed by atoms with Gasteiger partial charge in [-0.15, -0.1) is 0 Å². The van der Waals surface area contributed by atoms with Crippen LogP contribution in [-0.2, 0) is 16.0 Å². The van der Waals surface area contributed by atoms with Gasteiger partial charge in [0.15, 0.2) is 11.5 Å². The molecule has 1 saturated heterocycles. The summed E-state index contributed by atoms with van der Waals surface area (Å²) in [5, 5.41) is 12.4. The highest BCUT2D eigenvalue weighted by molar-refractivity contribution is 6.31. The largest absolute Gasteiger partial charge is 0.486 e. The molecule has 1 aromatic carbocycles. The molecule has 2 N–H and O–H groups in total. The zero-order valence-corrected chi connectivity index (χ0v) is 14.0. The van der Waals surface area contributed by atoms with Crippen molar-refractivity contribution in [1.29, 1.82) is 0 Å². The number of nitrogens with zero attached hydrogens (tertiary/aromatic N) is 1. The van der Waals surface area contributed by atoms with Gasteiger partial charge < -0.3 is 19.9 Å². The predicted molar refractivity (Wildman–Crippen MR) is 86.7 cm³/mol. The number of halogens is 1. The Labute approximate surface area is 144 Å². The molecule has 3 rings (SSSR count). The van der Waals surface area contributed by atoms with Gasteiger partial charge in [0.05, 0.1) is 6.42 Å². The number of carbonyl (C=O) groups excluding carboxylic acids is 1. The van der Waals surface area contributed by atoms with Crippen molar-refractivity contribution in [3.8, 4) is 11.5 Å². The molecule has 0 unspecified atom stereocenters. The van der Waals surface area contributed by atoms with Crippen molar-refractivity contribution < 1.29 is 24.2 Å². The fourth-order valence-corrected chi connectivity index (χ4v) is 3.31. The lowest BCUT2D eigenvalue weighted by atomic mass is 10.1. The normalized spacial score (nSPS) is 23.1. The first-order valence-corrected chi connectivity index (χ1v) is 8.12. The zero-order chi connectivity index (χ0) is 17.3. The van der Waals surface area contributed by atoms with E-state index in [1.807, 2.05) is 0 Å². The second-order valence-corrected chi connectivity index (χ2v) is 6.47. The van der Waals surface area contributed by atoms with E-state index in [2.05, 4.69) is 5.32 Å². The van der Waals surface area contributed by atoms with Crippen molar-refractivity contribution in [3.63, 3.8) is 0 Å². The summed E-state index contributed by atoms with van der Waals surface area (Å²) in [7, 11) is 1.74. The molecule has 24 heavy (non-hydrogen) atoms. The van der Waals surface area contributed by atoms with Crippen molar-refractivity contribution in [2.24, 2.45) is 0 Å². The summed E-state index contributed by atoms with van der Waals surface area (Å²) in [6.45, 7) is 1.45. The van der Waals surface area contributed by atoms with E-state index in [1.54, 1.807) is 24.1 Å². The van der Waals surface area contributed by atoms with Gasteiger partial charge in [0, 0.05) is 23.7 Å². The third-order valence-electron chi connectivity index (χ3n) is 4.26. The first-order chi connectivity index (χ1) is 11.4. The standard InChI is InChI=1S/C16H19ClN2O5/c1-19-8-10(6-12(19)16(21)22)18-15(20)5-9-4-13-14(7-11(9)17)24-3-2-23-13/h4,7,10,12H,2-3,5-6,8H2,1H3,(H,18,20)(H,21,22)/t10-,12-/m0/s1.